The molecule has 1 N–H and O–H groups in total. The molecule has 0 saturated carbocycles. The minimum Gasteiger partial charge on any atom is -0.466 e. The summed E-state index contributed by atoms with van der Waals surface area (Å²) in [7, 11) is 0. The quantitative estimate of drug-likeness (QED) is 0.269. The smallest absolute Gasteiger partial charge is 0.410 e. The van der Waals surface area contributed by atoms with Crippen LogP contribution >= 0.6 is 0 Å². The molecule has 3 amide bonds. The van der Waals surface area contributed by atoms with E-state index in [0.29, 0.717) is 51.5 Å². The SMILES string of the molecule is C#C[C@H](CC(=O)OCCCC)NC(=O)[C@@H]1CCCN(C(=O)CCC2CCN(C(=O)OC(C)(C)C)CC2)C1. The van der Waals surface area contributed by atoms with Gasteiger partial charge in [0, 0.05) is 32.6 Å². The van der Waals surface area contributed by atoms with Crippen LogP contribution in [0, 0.1) is 24.2 Å². The average Bonchev–Trinajstić information content (AvgIpc) is 2.86. The van der Waals surface area contributed by atoms with Crippen LogP contribution in [0.5, 0.6) is 0 Å². The van der Waals surface area contributed by atoms with Crippen LogP contribution in [-0.4, -0.2) is 78.1 Å². The van der Waals surface area contributed by atoms with E-state index in [1.165, 1.54) is 0 Å². The van der Waals surface area contributed by atoms with Gasteiger partial charge < -0.3 is 24.6 Å². The number of hydrogen-bond acceptors (Lipinski definition) is 6. The highest BCUT2D eigenvalue weighted by Crippen LogP contribution is 2.25. The number of carbonyl (C=O) groups excluding carboxylic acids is 4. The monoisotopic (exact) mass is 519 g/mol. The predicted octanol–water partition coefficient (Wildman–Crippen LogP) is 3.50. The first-order valence-corrected chi connectivity index (χ1v) is 13.7. The summed E-state index contributed by atoms with van der Waals surface area (Å²) >= 11 is 0. The topological polar surface area (TPSA) is 105 Å². The van der Waals surface area contributed by atoms with E-state index in [2.05, 4.69) is 11.2 Å². The summed E-state index contributed by atoms with van der Waals surface area (Å²) < 4.78 is 10.6. The summed E-state index contributed by atoms with van der Waals surface area (Å²) in [4.78, 5) is 53.4. The fourth-order valence-corrected chi connectivity index (χ4v) is 4.63. The molecule has 2 atom stereocenters. The zero-order valence-electron chi connectivity index (χ0n) is 23.1. The van der Waals surface area contributed by atoms with Gasteiger partial charge in [-0.3, -0.25) is 14.4 Å². The Morgan fingerprint density at radius 1 is 1.08 bits per heavy atom. The normalized spacial score (nSPS) is 19.5. The molecule has 2 aliphatic heterocycles. The molecular formula is C28H45N3O6. The Morgan fingerprint density at radius 3 is 2.41 bits per heavy atom. The summed E-state index contributed by atoms with van der Waals surface area (Å²) in [5.74, 6) is 1.91. The lowest BCUT2D eigenvalue weighted by atomic mass is 9.91. The predicted molar refractivity (Wildman–Crippen MR) is 140 cm³/mol. The Labute approximate surface area is 222 Å². The highest BCUT2D eigenvalue weighted by atomic mass is 16.6. The first-order chi connectivity index (χ1) is 17.5. The van der Waals surface area contributed by atoms with Crippen LogP contribution < -0.4 is 5.32 Å². The van der Waals surface area contributed by atoms with Crippen molar-refractivity contribution in [1.29, 1.82) is 0 Å². The van der Waals surface area contributed by atoms with Crippen LogP contribution in [0.2, 0.25) is 0 Å². The van der Waals surface area contributed by atoms with Gasteiger partial charge in [0.15, 0.2) is 0 Å². The number of ether oxygens (including phenoxy) is 2. The summed E-state index contributed by atoms with van der Waals surface area (Å²) in [6.07, 6.45) is 11.2. The van der Waals surface area contributed by atoms with Gasteiger partial charge in [-0.1, -0.05) is 19.3 Å². The molecule has 0 spiro atoms. The second-order valence-corrected chi connectivity index (χ2v) is 11.1. The summed E-state index contributed by atoms with van der Waals surface area (Å²) in [5.41, 5.74) is -0.509. The lowest BCUT2D eigenvalue weighted by Gasteiger charge is -2.34. The molecule has 0 radical (unpaired) electrons. The van der Waals surface area contributed by atoms with Gasteiger partial charge in [-0.25, -0.2) is 4.79 Å². The third-order valence-corrected chi connectivity index (χ3v) is 6.83. The van der Waals surface area contributed by atoms with E-state index in [0.717, 1.165) is 38.5 Å². The zero-order chi connectivity index (χ0) is 27.4. The Hall–Kier alpha value is -2.76. The fourth-order valence-electron chi connectivity index (χ4n) is 4.63. The molecule has 0 aromatic heterocycles. The zero-order valence-corrected chi connectivity index (χ0v) is 23.1. The molecule has 0 aromatic rings. The molecular weight excluding hydrogens is 474 g/mol. The van der Waals surface area contributed by atoms with Crippen LogP contribution in [-0.2, 0) is 23.9 Å². The lowest BCUT2D eigenvalue weighted by molar-refractivity contribution is -0.144. The Bertz CT molecular complexity index is 823. The maximum atomic E-state index is 12.9. The summed E-state index contributed by atoms with van der Waals surface area (Å²) in [6, 6.07) is -0.723. The lowest BCUT2D eigenvalue weighted by Crippen LogP contribution is -2.47. The van der Waals surface area contributed by atoms with Crippen LogP contribution in [0.1, 0.15) is 85.5 Å². The van der Waals surface area contributed by atoms with Gasteiger partial charge in [0.1, 0.15) is 11.6 Å². The minimum absolute atomic E-state index is 0.0556. The number of hydrogen-bond donors (Lipinski definition) is 1. The van der Waals surface area contributed by atoms with Crippen LogP contribution in [0.4, 0.5) is 4.79 Å². The van der Waals surface area contributed by atoms with Crippen molar-refractivity contribution in [3.8, 4) is 12.3 Å². The van der Waals surface area contributed by atoms with Gasteiger partial charge in [-0.05, 0) is 65.2 Å². The number of carbonyl (C=O) groups is 4. The van der Waals surface area contributed by atoms with Crippen LogP contribution in [0.15, 0.2) is 0 Å². The Kier molecular flexibility index (Phi) is 12.2. The third kappa shape index (κ3) is 11.0. The summed E-state index contributed by atoms with van der Waals surface area (Å²) in [5, 5.41) is 2.77. The first-order valence-electron chi connectivity index (χ1n) is 13.7. The maximum absolute atomic E-state index is 12.9. The molecule has 2 saturated heterocycles. The molecule has 0 bridgehead atoms. The Balaban J connectivity index is 1.73. The van der Waals surface area contributed by atoms with E-state index in [-0.39, 0.29) is 30.2 Å². The molecule has 2 rings (SSSR count). The highest BCUT2D eigenvalue weighted by Gasteiger charge is 2.31. The van der Waals surface area contributed by atoms with E-state index in [1.807, 2.05) is 27.7 Å². The number of nitrogens with zero attached hydrogens (tertiary/aromatic N) is 2. The van der Waals surface area contributed by atoms with Crippen molar-refractivity contribution in [2.24, 2.45) is 11.8 Å². The van der Waals surface area contributed by atoms with Gasteiger partial charge in [0.05, 0.1) is 18.9 Å². The molecule has 2 fully saturated rings. The van der Waals surface area contributed by atoms with E-state index < -0.39 is 17.6 Å². The van der Waals surface area contributed by atoms with E-state index in [1.54, 1.807) is 9.80 Å². The molecule has 9 heteroatoms. The third-order valence-electron chi connectivity index (χ3n) is 6.83. The molecule has 9 nitrogen and oxygen atoms in total. The molecule has 0 aliphatic carbocycles. The van der Waals surface area contributed by atoms with Gasteiger partial charge >= 0.3 is 12.1 Å². The number of terminal acetylenes is 1. The molecule has 208 valence electrons. The number of rotatable bonds is 10. The highest BCUT2D eigenvalue weighted by molar-refractivity contribution is 5.82. The fraction of sp³-hybridized carbons (Fsp3) is 0.786. The summed E-state index contributed by atoms with van der Waals surface area (Å²) in [6.45, 7) is 10.2. The molecule has 2 aliphatic rings. The number of esters is 1. The van der Waals surface area contributed by atoms with Crippen molar-refractivity contribution in [3.05, 3.63) is 0 Å². The van der Waals surface area contributed by atoms with E-state index in [4.69, 9.17) is 15.9 Å². The van der Waals surface area contributed by atoms with Crippen molar-refractivity contribution >= 4 is 23.9 Å². The van der Waals surface area contributed by atoms with Gasteiger partial charge in [-0.15, -0.1) is 6.42 Å². The van der Waals surface area contributed by atoms with Gasteiger partial charge in [0.25, 0.3) is 0 Å². The van der Waals surface area contributed by atoms with Crippen molar-refractivity contribution in [2.45, 2.75) is 97.1 Å². The van der Waals surface area contributed by atoms with Crippen LogP contribution in [0.25, 0.3) is 0 Å². The second kappa shape index (κ2) is 14.8. The second-order valence-electron chi connectivity index (χ2n) is 11.1. The molecule has 0 aromatic carbocycles. The number of unbranched alkanes of at least 4 members (excludes halogenated alkanes) is 1. The Morgan fingerprint density at radius 2 is 1.78 bits per heavy atom. The number of amides is 3. The maximum Gasteiger partial charge on any atom is 0.410 e. The molecule has 0 unspecified atom stereocenters. The molecule has 37 heavy (non-hydrogen) atoms. The largest absolute Gasteiger partial charge is 0.466 e. The van der Waals surface area contributed by atoms with E-state index >= 15 is 0 Å². The van der Waals surface area contributed by atoms with Crippen molar-refractivity contribution in [3.63, 3.8) is 0 Å². The number of piperidine rings is 2. The molecule has 2 heterocycles. The van der Waals surface area contributed by atoms with Gasteiger partial charge in [-0.2, -0.15) is 0 Å². The first kappa shape index (κ1) is 30.5. The van der Waals surface area contributed by atoms with Crippen molar-refractivity contribution < 1.29 is 28.7 Å². The van der Waals surface area contributed by atoms with Crippen molar-refractivity contribution in [2.75, 3.05) is 32.8 Å². The minimum atomic E-state index is -0.723. The van der Waals surface area contributed by atoms with Crippen LogP contribution in [0.3, 0.4) is 0 Å². The number of likely N-dealkylation sites (tertiary alicyclic amines) is 2. The number of nitrogens with one attached hydrogen (secondary N) is 1. The van der Waals surface area contributed by atoms with E-state index in [9.17, 15) is 19.2 Å². The van der Waals surface area contributed by atoms with Gasteiger partial charge in [0.2, 0.25) is 11.8 Å². The van der Waals surface area contributed by atoms with Crippen molar-refractivity contribution in [1.82, 2.24) is 15.1 Å². The average molecular weight is 520 g/mol. The standard InChI is InChI=1S/C28H45N3O6/c1-6-8-18-36-25(33)19-23(7-2)29-26(34)22-10-9-15-31(20-22)24(32)12-11-21-13-16-30(17-14-21)27(35)37-28(3,4)5/h2,21-23H,6,8-20H2,1,3-5H3,(H,29,34)/t22-,23-/m1/s1.